The van der Waals surface area contributed by atoms with Crippen molar-refractivity contribution < 1.29 is 4.74 Å². The molecule has 3 rings (SSSR count). The van der Waals surface area contributed by atoms with E-state index in [1.165, 1.54) is 5.69 Å². The molecule has 84 valence electrons. The summed E-state index contributed by atoms with van der Waals surface area (Å²) in [5.41, 5.74) is 3.30. The van der Waals surface area contributed by atoms with Crippen LogP contribution in [0.2, 0.25) is 0 Å². The van der Waals surface area contributed by atoms with E-state index < -0.39 is 0 Å². The third-order valence-electron chi connectivity index (χ3n) is 3.00. The maximum absolute atomic E-state index is 5.51. The zero-order valence-corrected chi connectivity index (χ0v) is 9.31. The molecule has 0 spiro atoms. The molecule has 1 atom stereocenters. The Morgan fingerprint density at radius 3 is 3.25 bits per heavy atom. The molecule has 1 saturated heterocycles. The van der Waals surface area contributed by atoms with E-state index >= 15 is 0 Å². The van der Waals surface area contributed by atoms with Crippen LogP contribution in [0.25, 0.3) is 5.65 Å². The summed E-state index contributed by atoms with van der Waals surface area (Å²) in [6.07, 6.45) is 2.06. The fraction of sp³-hybridized carbons (Fsp3) is 0.417. The van der Waals surface area contributed by atoms with Crippen LogP contribution in [0, 0.1) is 6.92 Å². The SMILES string of the molecule is Cc1nc2ccccn2c1C1COCCN1. The van der Waals surface area contributed by atoms with Gasteiger partial charge in [-0.3, -0.25) is 0 Å². The van der Waals surface area contributed by atoms with Gasteiger partial charge < -0.3 is 14.5 Å². The lowest BCUT2D eigenvalue weighted by Crippen LogP contribution is -2.35. The summed E-state index contributed by atoms with van der Waals surface area (Å²) >= 11 is 0. The van der Waals surface area contributed by atoms with Crippen LogP contribution < -0.4 is 5.32 Å². The first-order chi connectivity index (χ1) is 7.86. The molecular weight excluding hydrogens is 202 g/mol. The number of rotatable bonds is 1. The molecular formula is C12H15N3O. The largest absolute Gasteiger partial charge is 0.378 e. The van der Waals surface area contributed by atoms with E-state index in [2.05, 4.69) is 27.8 Å². The minimum Gasteiger partial charge on any atom is -0.378 e. The first kappa shape index (κ1) is 9.81. The second kappa shape index (κ2) is 3.88. The fourth-order valence-corrected chi connectivity index (χ4v) is 2.29. The highest BCUT2D eigenvalue weighted by Gasteiger charge is 2.21. The molecule has 1 unspecified atom stereocenters. The molecule has 0 saturated carbocycles. The van der Waals surface area contributed by atoms with Crippen LogP contribution in [0.4, 0.5) is 0 Å². The van der Waals surface area contributed by atoms with Crippen LogP contribution in [-0.2, 0) is 4.74 Å². The van der Waals surface area contributed by atoms with E-state index in [0.717, 1.165) is 31.1 Å². The van der Waals surface area contributed by atoms with Crippen molar-refractivity contribution in [3.05, 3.63) is 35.8 Å². The Hall–Kier alpha value is -1.39. The zero-order valence-electron chi connectivity index (χ0n) is 9.31. The monoisotopic (exact) mass is 217 g/mol. The molecule has 1 fully saturated rings. The summed E-state index contributed by atoms with van der Waals surface area (Å²) in [4.78, 5) is 4.56. The Kier molecular flexibility index (Phi) is 2.38. The lowest BCUT2D eigenvalue weighted by molar-refractivity contribution is 0.0751. The number of nitrogens with one attached hydrogen (secondary N) is 1. The number of fused-ring (bicyclic) bond motifs is 1. The van der Waals surface area contributed by atoms with Crippen LogP contribution >= 0.6 is 0 Å². The number of hydrogen-bond donors (Lipinski definition) is 1. The first-order valence-electron chi connectivity index (χ1n) is 5.61. The number of pyridine rings is 1. The Morgan fingerprint density at radius 1 is 1.50 bits per heavy atom. The third kappa shape index (κ3) is 1.50. The molecule has 4 nitrogen and oxygen atoms in total. The normalized spacial score (nSPS) is 21.4. The topological polar surface area (TPSA) is 38.6 Å². The zero-order chi connectivity index (χ0) is 11.0. The molecule has 2 aromatic heterocycles. The quantitative estimate of drug-likeness (QED) is 0.782. The van der Waals surface area contributed by atoms with Gasteiger partial charge in [0, 0.05) is 12.7 Å². The predicted molar refractivity (Wildman–Crippen MR) is 61.5 cm³/mol. The first-order valence-corrected chi connectivity index (χ1v) is 5.61. The van der Waals surface area contributed by atoms with Crippen molar-refractivity contribution in [2.75, 3.05) is 19.8 Å². The lowest BCUT2D eigenvalue weighted by Gasteiger charge is -2.24. The maximum Gasteiger partial charge on any atom is 0.137 e. The second-order valence-corrected chi connectivity index (χ2v) is 4.09. The molecule has 4 heteroatoms. The summed E-state index contributed by atoms with van der Waals surface area (Å²) < 4.78 is 7.65. The number of ether oxygens (including phenoxy) is 1. The average molecular weight is 217 g/mol. The third-order valence-corrected chi connectivity index (χ3v) is 3.00. The Balaban J connectivity index is 2.10. The van der Waals surface area contributed by atoms with Crippen molar-refractivity contribution in [1.82, 2.24) is 14.7 Å². The number of aryl methyl sites for hydroxylation is 1. The molecule has 0 bridgehead atoms. The van der Waals surface area contributed by atoms with Gasteiger partial charge >= 0.3 is 0 Å². The van der Waals surface area contributed by atoms with Gasteiger partial charge in [0.05, 0.1) is 30.6 Å². The van der Waals surface area contributed by atoms with E-state index in [-0.39, 0.29) is 6.04 Å². The van der Waals surface area contributed by atoms with Gasteiger partial charge in [0.2, 0.25) is 0 Å². The molecule has 0 aliphatic carbocycles. The number of aromatic nitrogens is 2. The molecule has 0 aromatic carbocycles. The van der Waals surface area contributed by atoms with E-state index in [1.54, 1.807) is 0 Å². The number of hydrogen-bond acceptors (Lipinski definition) is 3. The molecule has 1 aliphatic heterocycles. The van der Waals surface area contributed by atoms with Gasteiger partial charge in [-0.1, -0.05) is 6.07 Å². The van der Waals surface area contributed by atoms with E-state index in [0.29, 0.717) is 0 Å². The minimum atomic E-state index is 0.256. The summed E-state index contributed by atoms with van der Waals surface area (Å²) in [6, 6.07) is 6.32. The average Bonchev–Trinajstić information content (AvgIpc) is 2.66. The van der Waals surface area contributed by atoms with Crippen molar-refractivity contribution in [2.24, 2.45) is 0 Å². The fourth-order valence-electron chi connectivity index (χ4n) is 2.29. The maximum atomic E-state index is 5.51. The van der Waals surface area contributed by atoms with Gasteiger partial charge in [0.15, 0.2) is 0 Å². The molecule has 1 N–H and O–H groups in total. The van der Waals surface area contributed by atoms with Crippen molar-refractivity contribution >= 4 is 5.65 Å². The Labute approximate surface area is 94.3 Å². The predicted octanol–water partition coefficient (Wildman–Crippen LogP) is 1.30. The van der Waals surface area contributed by atoms with Gasteiger partial charge in [0.25, 0.3) is 0 Å². The van der Waals surface area contributed by atoms with Gasteiger partial charge in [-0.05, 0) is 19.1 Å². The Bertz CT molecular complexity index is 500. The van der Waals surface area contributed by atoms with Crippen LogP contribution in [-0.4, -0.2) is 29.1 Å². The Morgan fingerprint density at radius 2 is 2.44 bits per heavy atom. The van der Waals surface area contributed by atoms with Crippen molar-refractivity contribution in [2.45, 2.75) is 13.0 Å². The smallest absolute Gasteiger partial charge is 0.137 e. The van der Waals surface area contributed by atoms with Gasteiger partial charge in [-0.25, -0.2) is 4.98 Å². The van der Waals surface area contributed by atoms with Crippen molar-refractivity contribution in [3.8, 4) is 0 Å². The highest BCUT2D eigenvalue weighted by Crippen LogP contribution is 2.21. The molecule has 0 radical (unpaired) electrons. The second-order valence-electron chi connectivity index (χ2n) is 4.09. The highest BCUT2D eigenvalue weighted by molar-refractivity contribution is 5.43. The molecule has 3 heterocycles. The van der Waals surface area contributed by atoms with Crippen molar-refractivity contribution in [1.29, 1.82) is 0 Å². The highest BCUT2D eigenvalue weighted by atomic mass is 16.5. The van der Waals surface area contributed by atoms with Gasteiger partial charge in [-0.2, -0.15) is 0 Å². The summed E-state index contributed by atoms with van der Waals surface area (Å²) in [6.45, 7) is 4.48. The molecule has 16 heavy (non-hydrogen) atoms. The summed E-state index contributed by atoms with van der Waals surface area (Å²) in [5, 5.41) is 3.47. The van der Waals surface area contributed by atoms with Gasteiger partial charge in [0.1, 0.15) is 5.65 Å². The lowest BCUT2D eigenvalue weighted by atomic mass is 10.1. The van der Waals surface area contributed by atoms with Crippen molar-refractivity contribution in [3.63, 3.8) is 0 Å². The summed E-state index contributed by atoms with van der Waals surface area (Å²) in [7, 11) is 0. The molecule has 0 amide bonds. The van der Waals surface area contributed by atoms with E-state index in [4.69, 9.17) is 4.74 Å². The number of imidazole rings is 1. The number of nitrogens with zero attached hydrogens (tertiary/aromatic N) is 2. The van der Waals surface area contributed by atoms with E-state index in [1.807, 2.05) is 18.2 Å². The molecule has 1 aliphatic rings. The van der Waals surface area contributed by atoms with Crippen LogP contribution in [0.1, 0.15) is 17.4 Å². The van der Waals surface area contributed by atoms with Crippen LogP contribution in [0.15, 0.2) is 24.4 Å². The van der Waals surface area contributed by atoms with Crippen LogP contribution in [0.3, 0.4) is 0 Å². The standard InChI is InChI=1S/C12H15N3O/c1-9-12(10-8-16-7-5-13-10)15-6-3-2-4-11(15)14-9/h2-4,6,10,13H,5,7-8H2,1H3. The molecule has 2 aromatic rings. The van der Waals surface area contributed by atoms with Gasteiger partial charge in [-0.15, -0.1) is 0 Å². The van der Waals surface area contributed by atoms with E-state index in [9.17, 15) is 0 Å². The summed E-state index contributed by atoms with van der Waals surface area (Å²) in [5.74, 6) is 0. The number of morpholine rings is 1. The van der Waals surface area contributed by atoms with Crippen LogP contribution in [0.5, 0.6) is 0 Å². The minimum absolute atomic E-state index is 0.256.